The Morgan fingerprint density at radius 2 is 2.05 bits per heavy atom. The first-order chi connectivity index (χ1) is 9.63. The number of nitrogens with zero attached hydrogens (tertiary/aromatic N) is 2. The Hall–Kier alpha value is -2.20. The fraction of sp³-hybridized carbons (Fsp3) is 0.188. The number of benzene rings is 1. The summed E-state index contributed by atoms with van der Waals surface area (Å²) < 4.78 is 14.1. The van der Waals surface area contributed by atoms with Gasteiger partial charge in [0.2, 0.25) is 0 Å². The molecule has 3 rings (SSSR count). The number of aromatic nitrogens is 2. The van der Waals surface area contributed by atoms with Gasteiger partial charge in [-0.2, -0.15) is 0 Å². The number of halogens is 1. The molecule has 0 spiro atoms. The minimum atomic E-state index is -0.222. The fourth-order valence-electron chi connectivity index (χ4n) is 2.34. The summed E-state index contributed by atoms with van der Waals surface area (Å²) in [5.74, 6) is -0.222. The summed E-state index contributed by atoms with van der Waals surface area (Å²) in [5, 5.41) is 0. The van der Waals surface area contributed by atoms with Crippen LogP contribution in [-0.4, -0.2) is 29.0 Å². The number of fused-ring (bicyclic) bond motifs is 1. The third-order valence-electron chi connectivity index (χ3n) is 3.24. The van der Waals surface area contributed by atoms with Gasteiger partial charge in [-0.25, -0.2) is 4.39 Å². The molecular formula is C16H16FN3. The molecule has 0 unspecified atom stereocenters. The van der Waals surface area contributed by atoms with E-state index in [0.717, 1.165) is 28.7 Å². The molecule has 102 valence electrons. The number of hydrogen-bond donors (Lipinski definition) is 1. The van der Waals surface area contributed by atoms with Gasteiger partial charge >= 0.3 is 0 Å². The first-order valence-electron chi connectivity index (χ1n) is 6.50. The van der Waals surface area contributed by atoms with Gasteiger partial charge in [-0.05, 0) is 43.9 Å². The van der Waals surface area contributed by atoms with E-state index in [0.29, 0.717) is 5.56 Å². The number of rotatable bonds is 3. The van der Waals surface area contributed by atoms with Crippen molar-refractivity contribution in [3.05, 3.63) is 54.1 Å². The second-order valence-corrected chi connectivity index (χ2v) is 5.19. The van der Waals surface area contributed by atoms with Crippen molar-refractivity contribution in [1.82, 2.24) is 14.9 Å². The maximum atomic E-state index is 14.1. The maximum Gasteiger partial charge on any atom is 0.131 e. The van der Waals surface area contributed by atoms with Crippen molar-refractivity contribution in [3.8, 4) is 11.1 Å². The van der Waals surface area contributed by atoms with Gasteiger partial charge in [0.15, 0.2) is 0 Å². The van der Waals surface area contributed by atoms with Crippen molar-refractivity contribution >= 4 is 11.0 Å². The molecule has 0 bridgehead atoms. The van der Waals surface area contributed by atoms with Crippen LogP contribution in [0.15, 0.2) is 42.7 Å². The summed E-state index contributed by atoms with van der Waals surface area (Å²) in [6.07, 6.45) is 3.55. The summed E-state index contributed by atoms with van der Waals surface area (Å²) in [5.41, 5.74) is 4.27. The van der Waals surface area contributed by atoms with E-state index in [1.54, 1.807) is 6.20 Å². The van der Waals surface area contributed by atoms with Crippen LogP contribution in [0, 0.1) is 5.82 Å². The highest BCUT2D eigenvalue weighted by molar-refractivity contribution is 5.80. The van der Waals surface area contributed by atoms with Crippen LogP contribution in [0.3, 0.4) is 0 Å². The molecule has 3 nitrogen and oxygen atoms in total. The first-order valence-corrected chi connectivity index (χ1v) is 6.50. The number of nitrogens with one attached hydrogen (secondary N) is 1. The lowest BCUT2D eigenvalue weighted by molar-refractivity contribution is 0.402. The quantitative estimate of drug-likeness (QED) is 0.790. The Labute approximate surface area is 117 Å². The van der Waals surface area contributed by atoms with E-state index < -0.39 is 0 Å². The van der Waals surface area contributed by atoms with Crippen LogP contribution in [-0.2, 0) is 6.54 Å². The second kappa shape index (κ2) is 5.06. The van der Waals surface area contributed by atoms with Gasteiger partial charge in [0.05, 0.1) is 11.0 Å². The molecule has 3 aromatic rings. The van der Waals surface area contributed by atoms with Gasteiger partial charge in [0.25, 0.3) is 0 Å². The van der Waals surface area contributed by atoms with Crippen molar-refractivity contribution in [2.45, 2.75) is 6.54 Å². The lowest BCUT2D eigenvalue weighted by Gasteiger charge is -2.11. The van der Waals surface area contributed by atoms with Crippen molar-refractivity contribution < 1.29 is 4.39 Å². The van der Waals surface area contributed by atoms with Crippen LogP contribution in [0.4, 0.5) is 4.39 Å². The molecule has 0 aliphatic carbocycles. The molecule has 2 aromatic heterocycles. The van der Waals surface area contributed by atoms with Gasteiger partial charge < -0.3 is 9.88 Å². The average Bonchev–Trinajstić information content (AvgIpc) is 2.87. The molecule has 0 saturated carbocycles. The van der Waals surface area contributed by atoms with Gasteiger partial charge in [0.1, 0.15) is 5.82 Å². The third kappa shape index (κ3) is 2.42. The van der Waals surface area contributed by atoms with Crippen LogP contribution in [0.2, 0.25) is 0 Å². The summed E-state index contributed by atoms with van der Waals surface area (Å²) in [6.45, 7) is 0.783. The van der Waals surface area contributed by atoms with Crippen LogP contribution < -0.4 is 0 Å². The topological polar surface area (TPSA) is 31.9 Å². The fourth-order valence-corrected chi connectivity index (χ4v) is 2.34. The SMILES string of the molecule is CN(C)Cc1ccc(F)c(-c2cnc3cc[nH]c3c2)c1. The van der Waals surface area contributed by atoms with Crippen molar-refractivity contribution in [2.24, 2.45) is 0 Å². The summed E-state index contributed by atoms with van der Waals surface area (Å²) in [6, 6.07) is 9.06. The zero-order valence-electron chi connectivity index (χ0n) is 11.5. The zero-order valence-corrected chi connectivity index (χ0v) is 11.5. The number of pyridine rings is 1. The minimum Gasteiger partial charge on any atom is -0.360 e. The molecular weight excluding hydrogens is 253 g/mol. The highest BCUT2D eigenvalue weighted by atomic mass is 19.1. The highest BCUT2D eigenvalue weighted by Crippen LogP contribution is 2.26. The first kappa shape index (κ1) is 12.8. The largest absolute Gasteiger partial charge is 0.360 e. The standard InChI is InChI=1S/C16H16FN3/c1-20(2)10-11-3-4-14(17)13(7-11)12-8-16-15(19-9-12)5-6-18-16/h3-9,18H,10H2,1-2H3. The van der Waals surface area contributed by atoms with Crippen molar-refractivity contribution in [2.75, 3.05) is 14.1 Å². The van der Waals surface area contributed by atoms with E-state index in [1.807, 2.05) is 44.6 Å². The lowest BCUT2D eigenvalue weighted by atomic mass is 10.0. The highest BCUT2D eigenvalue weighted by Gasteiger charge is 2.08. The molecule has 0 amide bonds. The maximum absolute atomic E-state index is 14.1. The predicted octanol–water partition coefficient (Wildman–Crippen LogP) is 3.43. The van der Waals surface area contributed by atoms with Crippen molar-refractivity contribution in [1.29, 1.82) is 0 Å². The third-order valence-corrected chi connectivity index (χ3v) is 3.24. The summed E-state index contributed by atoms with van der Waals surface area (Å²) >= 11 is 0. The van der Waals surface area contributed by atoms with Gasteiger partial charge in [-0.1, -0.05) is 6.07 Å². The second-order valence-electron chi connectivity index (χ2n) is 5.19. The van der Waals surface area contributed by atoms with Crippen LogP contribution in [0.25, 0.3) is 22.2 Å². The summed E-state index contributed by atoms with van der Waals surface area (Å²) in [7, 11) is 3.99. The molecule has 20 heavy (non-hydrogen) atoms. The Morgan fingerprint density at radius 1 is 1.20 bits per heavy atom. The molecule has 0 saturated heterocycles. The van der Waals surface area contributed by atoms with Crippen LogP contribution in [0.1, 0.15) is 5.56 Å². The Morgan fingerprint density at radius 3 is 2.85 bits per heavy atom. The molecule has 0 fully saturated rings. The molecule has 4 heteroatoms. The Kier molecular flexibility index (Phi) is 3.24. The van der Waals surface area contributed by atoms with E-state index in [1.165, 1.54) is 6.07 Å². The number of aromatic amines is 1. The monoisotopic (exact) mass is 269 g/mol. The van der Waals surface area contributed by atoms with Gasteiger partial charge in [-0.3, -0.25) is 4.98 Å². The summed E-state index contributed by atoms with van der Waals surface area (Å²) in [4.78, 5) is 9.50. The lowest BCUT2D eigenvalue weighted by Crippen LogP contribution is -2.10. The normalized spacial score (nSPS) is 11.4. The smallest absolute Gasteiger partial charge is 0.131 e. The molecule has 0 atom stereocenters. The predicted molar refractivity (Wildman–Crippen MR) is 78.9 cm³/mol. The van der Waals surface area contributed by atoms with Gasteiger partial charge in [0, 0.05) is 30.1 Å². The molecule has 1 N–H and O–H groups in total. The molecule has 0 radical (unpaired) electrons. The van der Waals surface area contributed by atoms with E-state index in [9.17, 15) is 4.39 Å². The number of H-pyrrole nitrogens is 1. The average molecular weight is 269 g/mol. The van der Waals surface area contributed by atoms with E-state index in [2.05, 4.69) is 14.9 Å². The van der Waals surface area contributed by atoms with E-state index >= 15 is 0 Å². The van der Waals surface area contributed by atoms with Crippen molar-refractivity contribution in [3.63, 3.8) is 0 Å². The van der Waals surface area contributed by atoms with E-state index in [-0.39, 0.29) is 5.82 Å². The molecule has 0 aliphatic heterocycles. The Balaban J connectivity index is 2.07. The van der Waals surface area contributed by atoms with Crippen LogP contribution in [0.5, 0.6) is 0 Å². The van der Waals surface area contributed by atoms with Gasteiger partial charge in [-0.15, -0.1) is 0 Å². The molecule has 0 aliphatic rings. The number of hydrogen-bond acceptors (Lipinski definition) is 2. The van der Waals surface area contributed by atoms with Crippen LogP contribution >= 0.6 is 0 Å². The molecule has 1 aromatic carbocycles. The Bertz CT molecular complexity index is 746. The van der Waals surface area contributed by atoms with E-state index in [4.69, 9.17) is 0 Å². The zero-order chi connectivity index (χ0) is 14.1. The minimum absolute atomic E-state index is 0.222. The molecule has 2 heterocycles.